The molecule has 0 atom stereocenters. The van der Waals surface area contributed by atoms with Crippen LogP contribution in [-0.2, 0) is 13.7 Å². The third kappa shape index (κ3) is 4.77. The van der Waals surface area contributed by atoms with Crippen LogP contribution in [0.2, 0.25) is 5.02 Å². The summed E-state index contributed by atoms with van der Waals surface area (Å²) in [5, 5.41) is 5.33. The molecule has 2 aromatic carbocycles. The molecule has 0 saturated heterocycles. The van der Waals surface area contributed by atoms with Gasteiger partial charge in [-0.1, -0.05) is 35.9 Å². The predicted octanol–water partition coefficient (Wildman–Crippen LogP) is 4.55. The fraction of sp³-hybridized carbons (Fsp3) is 0.300. The summed E-state index contributed by atoms with van der Waals surface area (Å²) in [6.45, 7) is 3.98. The Kier molecular flexibility index (Phi) is 6.31. The molecule has 27 heavy (non-hydrogen) atoms. The Morgan fingerprint density at radius 2 is 1.96 bits per heavy atom. The molecule has 3 aromatic rings. The molecule has 0 aliphatic heterocycles. The third-order valence-corrected chi connectivity index (χ3v) is 5.08. The Bertz CT molecular complexity index is 982. The van der Waals surface area contributed by atoms with Crippen molar-refractivity contribution in [1.29, 1.82) is 0 Å². The number of halogens is 1. The smallest absolute Gasteiger partial charge is 0.199 e. The summed E-state index contributed by atoms with van der Waals surface area (Å²) in [7, 11) is 3.93. The summed E-state index contributed by atoms with van der Waals surface area (Å²) in [6, 6.07) is 15.7. The quantitative estimate of drug-likeness (QED) is 0.543. The lowest BCUT2D eigenvalue weighted by molar-refractivity contribution is 0.198. The summed E-state index contributed by atoms with van der Waals surface area (Å²) >= 11 is 11.9. The van der Waals surface area contributed by atoms with E-state index in [1.165, 1.54) is 5.56 Å². The summed E-state index contributed by atoms with van der Waals surface area (Å²) < 4.78 is 10.2. The molecule has 0 aliphatic rings. The summed E-state index contributed by atoms with van der Waals surface area (Å²) in [5.41, 5.74) is 2.06. The Hall–Kier alpha value is -2.15. The van der Waals surface area contributed by atoms with Gasteiger partial charge in [0.2, 0.25) is 0 Å². The fourth-order valence-corrected chi connectivity index (χ4v) is 3.19. The molecule has 0 unspecified atom stereocenters. The number of hydrogen-bond donors (Lipinski definition) is 0. The topological polar surface area (TPSA) is 35.2 Å². The first-order valence-electron chi connectivity index (χ1n) is 8.72. The van der Waals surface area contributed by atoms with Crippen LogP contribution in [0.15, 0.2) is 48.5 Å². The average molecular weight is 403 g/mol. The van der Waals surface area contributed by atoms with Crippen molar-refractivity contribution in [1.82, 2.24) is 19.2 Å². The highest BCUT2D eigenvalue weighted by atomic mass is 35.5. The van der Waals surface area contributed by atoms with Gasteiger partial charge in [-0.2, -0.15) is 5.10 Å². The van der Waals surface area contributed by atoms with E-state index in [0.717, 1.165) is 23.7 Å². The molecule has 142 valence electrons. The number of aryl methyl sites for hydroxylation is 1. The van der Waals surface area contributed by atoms with Crippen molar-refractivity contribution in [3.8, 4) is 17.1 Å². The highest BCUT2D eigenvalue weighted by Gasteiger charge is 2.13. The number of rotatable bonds is 7. The largest absolute Gasteiger partial charge is 0.492 e. The van der Waals surface area contributed by atoms with Crippen LogP contribution in [0.4, 0.5) is 0 Å². The number of likely N-dealkylation sites (N-methyl/N-ethyl adjacent to an activating group) is 1. The van der Waals surface area contributed by atoms with Gasteiger partial charge in [0.05, 0.1) is 11.7 Å². The van der Waals surface area contributed by atoms with Crippen molar-refractivity contribution in [2.75, 3.05) is 20.2 Å². The van der Waals surface area contributed by atoms with Crippen molar-refractivity contribution in [2.45, 2.75) is 13.6 Å². The van der Waals surface area contributed by atoms with Gasteiger partial charge in [0, 0.05) is 19.2 Å². The first-order chi connectivity index (χ1) is 13.0. The highest BCUT2D eigenvalue weighted by molar-refractivity contribution is 7.71. The minimum absolute atomic E-state index is 0.578. The van der Waals surface area contributed by atoms with E-state index in [2.05, 4.69) is 23.0 Å². The van der Waals surface area contributed by atoms with Crippen LogP contribution >= 0.6 is 23.8 Å². The molecule has 1 aromatic heterocycles. The number of nitrogens with zero attached hydrogens (tertiary/aromatic N) is 4. The Morgan fingerprint density at radius 1 is 1.19 bits per heavy atom. The van der Waals surface area contributed by atoms with Gasteiger partial charge < -0.3 is 9.30 Å². The first-order valence-corrected chi connectivity index (χ1v) is 9.51. The third-order valence-electron chi connectivity index (χ3n) is 4.26. The molecule has 0 spiro atoms. The molecule has 3 rings (SSSR count). The van der Waals surface area contributed by atoms with Gasteiger partial charge in [0.25, 0.3) is 0 Å². The van der Waals surface area contributed by atoms with Gasteiger partial charge in [-0.3, -0.25) is 4.90 Å². The van der Waals surface area contributed by atoms with Crippen LogP contribution < -0.4 is 4.74 Å². The first kappa shape index (κ1) is 19.6. The van der Waals surface area contributed by atoms with Gasteiger partial charge in [-0.05, 0) is 56.0 Å². The molecule has 7 heteroatoms. The zero-order valence-corrected chi connectivity index (χ0v) is 17.3. The maximum absolute atomic E-state index is 6.31. The predicted molar refractivity (Wildman–Crippen MR) is 112 cm³/mol. The summed E-state index contributed by atoms with van der Waals surface area (Å²) in [5.74, 6) is 1.65. The van der Waals surface area contributed by atoms with E-state index in [4.69, 9.17) is 28.6 Å². The molecule has 0 bridgehead atoms. The number of benzene rings is 2. The second kappa shape index (κ2) is 8.69. The van der Waals surface area contributed by atoms with E-state index in [-0.39, 0.29) is 0 Å². The molecule has 0 N–H and O–H groups in total. The van der Waals surface area contributed by atoms with Crippen molar-refractivity contribution < 1.29 is 4.74 Å². The van der Waals surface area contributed by atoms with Crippen LogP contribution in [0.25, 0.3) is 11.4 Å². The minimum Gasteiger partial charge on any atom is -0.492 e. The summed E-state index contributed by atoms with van der Waals surface area (Å²) in [4.78, 5) is 2.12. The Balaban J connectivity index is 1.64. The molecule has 0 radical (unpaired) electrons. The number of hydrogen-bond acceptors (Lipinski definition) is 4. The molecule has 0 aliphatic carbocycles. The monoisotopic (exact) mass is 402 g/mol. The molecule has 1 heterocycles. The number of aromatic nitrogens is 3. The van der Waals surface area contributed by atoms with Gasteiger partial charge >= 0.3 is 0 Å². The van der Waals surface area contributed by atoms with E-state index < -0.39 is 0 Å². The molecule has 5 nitrogen and oxygen atoms in total. The molecule has 0 fully saturated rings. The Labute approximate surface area is 169 Å². The lowest BCUT2D eigenvalue weighted by Gasteiger charge is -2.16. The van der Waals surface area contributed by atoms with Crippen molar-refractivity contribution in [3.05, 3.63) is 63.9 Å². The second-order valence-electron chi connectivity index (χ2n) is 6.53. The van der Waals surface area contributed by atoms with E-state index >= 15 is 0 Å². The maximum atomic E-state index is 6.31. The van der Waals surface area contributed by atoms with Crippen LogP contribution in [0.1, 0.15) is 5.56 Å². The van der Waals surface area contributed by atoms with Gasteiger partial charge in [-0.25, -0.2) is 4.68 Å². The lowest BCUT2D eigenvalue weighted by Crippen LogP contribution is -2.27. The maximum Gasteiger partial charge on any atom is 0.199 e. The van der Waals surface area contributed by atoms with Crippen LogP contribution in [0.5, 0.6) is 5.75 Å². The zero-order chi connectivity index (χ0) is 19.4. The van der Waals surface area contributed by atoms with E-state index in [0.29, 0.717) is 23.1 Å². The SMILES string of the molecule is Cc1cccc(OCCN(C)Cn2nc(-c3ccccc3Cl)n(C)c2=S)c1. The fourth-order valence-electron chi connectivity index (χ4n) is 2.78. The van der Waals surface area contributed by atoms with Crippen molar-refractivity contribution in [3.63, 3.8) is 0 Å². The molecular formula is C20H23ClN4OS. The second-order valence-corrected chi connectivity index (χ2v) is 7.30. The van der Waals surface area contributed by atoms with Crippen LogP contribution in [0, 0.1) is 11.7 Å². The van der Waals surface area contributed by atoms with Gasteiger partial charge in [0.15, 0.2) is 10.6 Å². The van der Waals surface area contributed by atoms with Gasteiger partial charge in [0.1, 0.15) is 12.4 Å². The van der Waals surface area contributed by atoms with E-state index in [1.54, 1.807) is 4.68 Å². The molecular weight excluding hydrogens is 380 g/mol. The van der Waals surface area contributed by atoms with E-state index in [9.17, 15) is 0 Å². The van der Waals surface area contributed by atoms with Crippen LogP contribution in [-0.4, -0.2) is 39.4 Å². The Morgan fingerprint density at radius 3 is 2.70 bits per heavy atom. The van der Waals surface area contributed by atoms with Crippen LogP contribution in [0.3, 0.4) is 0 Å². The van der Waals surface area contributed by atoms with Crippen molar-refractivity contribution in [2.24, 2.45) is 7.05 Å². The molecule has 0 saturated carbocycles. The van der Waals surface area contributed by atoms with E-state index in [1.807, 2.05) is 61.1 Å². The van der Waals surface area contributed by atoms with Gasteiger partial charge in [-0.15, -0.1) is 0 Å². The minimum atomic E-state index is 0.578. The lowest BCUT2D eigenvalue weighted by atomic mass is 10.2. The highest BCUT2D eigenvalue weighted by Crippen LogP contribution is 2.26. The normalized spacial score (nSPS) is 11.1. The number of ether oxygens (including phenoxy) is 1. The standard InChI is InChI=1S/C20H23ClN4OS/c1-15-7-6-8-16(13-15)26-12-11-23(2)14-25-20(27)24(3)19(22-25)17-9-4-5-10-18(17)21/h4-10,13H,11-12,14H2,1-3H3. The summed E-state index contributed by atoms with van der Waals surface area (Å²) in [6.07, 6.45) is 0. The average Bonchev–Trinajstić information content (AvgIpc) is 2.90. The van der Waals surface area contributed by atoms with Crippen molar-refractivity contribution >= 4 is 23.8 Å². The molecule has 0 amide bonds. The zero-order valence-electron chi connectivity index (χ0n) is 15.7.